The van der Waals surface area contributed by atoms with Crippen molar-refractivity contribution in [1.29, 1.82) is 0 Å². The number of benzene rings is 1. The maximum atomic E-state index is 12.2. The zero-order valence-electron chi connectivity index (χ0n) is 12.0. The van der Waals surface area contributed by atoms with Crippen LogP contribution in [-0.2, 0) is 0 Å². The van der Waals surface area contributed by atoms with Crippen LogP contribution in [0, 0.1) is 5.92 Å². The summed E-state index contributed by atoms with van der Waals surface area (Å²) in [5, 5.41) is 3.29. The average Bonchev–Trinajstić information content (AvgIpc) is 2.86. The van der Waals surface area contributed by atoms with Crippen molar-refractivity contribution in [3.63, 3.8) is 0 Å². The van der Waals surface area contributed by atoms with Crippen molar-refractivity contribution in [3.8, 4) is 11.5 Å². The molecule has 1 aliphatic rings. The lowest BCUT2D eigenvalue weighted by Gasteiger charge is -2.19. The van der Waals surface area contributed by atoms with E-state index in [2.05, 4.69) is 19.2 Å². The quantitative estimate of drug-likeness (QED) is 0.867. The third-order valence-corrected chi connectivity index (χ3v) is 3.35. The van der Waals surface area contributed by atoms with Crippen LogP contribution >= 0.6 is 24.0 Å². The van der Waals surface area contributed by atoms with Crippen molar-refractivity contribution in [2.24, 2.45) is 11.7 Å². The predicted octanol–water partition coefficient (Wildman–Crippen LogP) is 2.59. The lowest BCUT2D eigenvalue weighted by molar-refractivity contribution is 0.0933. The first-order valence-corrected chi connectivity index (χ1v) is 6.99. The minimum Gasteiger partial charge on any atom is -0.454 e. The van der Waals surface area contributed by atoms with E-state index < -0.39 is 0 Å². The highest BCUT2D eigenvalue weighted by Crippen LogP contribution is 2.39. The number of rotatable bonds is 5. The molecular formula is C14H20Cl2N2O3. The van der Waals surface area contributed by atoms with Gasteiger partial charge in [0.1, 0.15) is 0 Å². The van der Waals surface area contributed by atoms with Crippen molar-refractivity contribution < 1.29 is 14.3 Å². The van der Waals surface area contributed by atoms with Gasteiger partial charge in [-0.3, -0.25) is 4.79 Å². The van der Waals surface area contributed by atoms with Crippen molar-refractivity contribution >= 4 is 29.9 Å². The van der Waals surface area contributed by atoms with Gasteiger partial charge in [-0.15, -0.1) is 12.4 Å². The molecule has 0 saturated carbocycles. The number of nitrogens with two attached hydrogens (primary N) is 1. The fraction of sp³-hybridized carbons (Fsp3) is 0.500. The molecule has 1 amide bonds. The van der Waals surface area contributed by atoms with Crippen LogP contribution in [0.4, 0.5) is 0 Å². The normalized spacial score (nSPS) is 13.8. The van der Waals surface area contributed by atoms with Gasteiger partial charge < -0.3 is 20.5 Å². The second kappa shape index (κ2) is 7.73. The molecule has 1 aromatic rings. The molecule has 0 aromatic heterocycles. The van der Waals surface area contributed by atoms with E-state index in [1.54, 1.807) is 12.1 Å². The molecule has 1 unspecified atom stereocenters. The highest BCUT2D eigenvalue weighted by molar-refractivity contribution is 6.32. The topological polar surface area (TPSA) is 73.6 Å². The Morgan fingerprint density at radius 1 is 1.43 bits per heavy atom. The second-order valence-electron chi connectivity index (χ2n) is 5.23. The maximum absolute atomic E-state index is 12.2. The van der Waals surface area contributed by atoms with Crippen LogP contribution in [0.2, 0.25) is 5.02 Å². The van der Waals surface area contributed by atoms with Gasteiger partial charge in [0.15, 0.2) is 11.5 Å². The smallest absolute Gasteiger partial charge is 0.251 e. The van der Waals surface area contributed by atoms with E-state index in [1.165, 1.54) is 0 Å². The van der Waals surface area contributed by atoms with Crippen molar-refractivity contribution in [2.75, 3.05) is 13.3 Å². The summed E-state index contributed by atoms with van der Waals surface area (Å²) in [7, 11) is 0. The van der Waals surface area contributed by atoms with Crippen molar-refractivity contribution in [2.45, 2.75) is 26.3 Å². The summed E-state index contributed by atoms with van der Waals surface area (Å²) in [6, 6.07) is 3.16. The Hall–Kier alpha value is -1.17. The number of hydrogen-bond donors (Lipinski definition) is 2. The molecule has 0 saturated heterocycles. The number of amides is 1. The van der Waals surface area contributed by atoms with Gasteiger partial charge in [0.25, 0.3) is 5.91 Å². The van der Waals surface area contributed by atoms with Crippen LogP contribution in [-0.4, -0.2) is 25.3 Å². The molecule has 0 bridgehead atoms. The van der Waals surface area contributed by atoms with E-state index >= 15 is 0 Å². The Morgan fingerprint density at radius 2 is 2.14 bits per heavy atom. The second-order valence-corrected chi connectivity index (χ2v) is 5.63. The Kier molecular flexibility index (Phi) is 6.58. The zero-order valence-corrected chi connectivity index (χ0v) is 13.6. The van der Waals surface area contributed by atoms with Crippen LogP contribution in [0.15, 0.2) is 12.1 Å². The molecule has 1 heterocycles. The van der Waals surface area contributed by atoms with E-state index in [4.69, 9.17) is 26.8 Å². The molecule has 7 heteroatoms. The highest BCUT2D eigenvalue weighted by Gasteiger charge is 2.21. The minimum atomic E-state index is -0.207. The molecular weight excluding hydrogens is 315 g/mol. The first-order valence-electron chi connectivity index (χ1n) is 6.61. The standard InChI is InChI=1S/C14H19ClN2O3.ClH/c1-8(2)3-10(6-16)17-14(18)9-4-11(15)13-12(5-9)19-7-20-13;/h4-5,8,10H,3,6-7,16H2,1-2H3,(H,17,18);1H. The molecule has 1 atom stereocenters. The number of halogens is 2. The van der Waals surface area contributed by atoms with E-state index in [9.17, 15) is 4.79 Å². The molecule has 118 valence electrons. The van der Waals surface area contributed by atoms with Crippen LogP contribution in [0.25, 0.3) is 0 Å². The number of carbonyl (C=O) groups excluding carboxylic acids is 1. The summed E-state index contributed by atoms with van der Waals surface area (Å²) in [4.78, 5) is 12.2. The van der Waals surface area contributed by atoms with E-state index in [0.717, 1.165) is 6.42 Å². The van der Waals surface area contributed by atoms with Gasteiger partial charge in [-0.05, 0) is 24.5 Å². The molecule has 0 fully saturated rings. The van der Waals surface area contributed by atoms with Crippen molar-refractivity contribution in [3.05, 3.63) is 22.7 Å². The molecule has 3 N–H and O–H groups in total. The molecule has 21 heavy (non-hydrogen) atoms. The van der Waals surface area contributed by atoms with Crippen LogP contribution in [0.3, 0.4) is 0 Å². The largest absolute Gasteiger partial charge is 0.454 e. The van der Waals surface area contributed by atoms with E-state index in [-0.39, 0.29) is 31.1 Å². The minimum absolute atomic E-state index is 0. The van der Waals surface area contributed by atoms with Gasteiger partial charge in [0, 0.05) is 18.2 Å². The molecule has 0 aliphatic carbocycles. The Morgan fingerprint density at radius 3 is 2.76 bits per heavy atom. The van der Waals surface area contributed by atoms with Crippen LogP contribution < -0.4 is 20.5 Å². The summed E-state index contributed by atoms with van der Waals surface area (Å²) in [6.45, 7) is 4.71. The Labute approximate surface area is 135 Å². The van der Waals surface area contributed by atoms with Crippen LogP contribution in [0.5, 0.6) is 11.5 Å². The summed E-state index contributed by atoms with van der Waals surface area (Å²) in [6.07, 6.45) is 0.834. The Balaban J connectivity index is 0.00000220. The monoisotopic (exact) mass is 334 g/mol. The van der Waals surface area contributed by atoms with Crippen LogP contribution in [0.1, 0.15) is 30.6 Å². The number of hydrogen-bond acceptors (Lipinski definition) is 4. The first kappa shape index (κ1) is 17.9. The molecule has 1 aromatic carbocycles. The zero-order chi connectivity index (χ0) is 14.7. The molecule has 5 nitrogen and oxygen atoms in total. The SMILES string of the molecule is CC(C)CC(CN)NC(=O)c1cc(Cl)c2c(c1)OCO2.Cl. The van der Waals surface area contributed by atoms with Gasteiger partial charge in [-0.25, -0.2) is 0 Å². The molecule has 0 radical (unpaired) electrons. The summed E-state index contributed by atoms with van der Waals surface area (Å²) in [5.74, 6) is 1.24. The lowest BCUT2D eigenvalue weighted by atomic mass is 10.0. The van der Waals surface area contributed by atoms with Gasteiger partial charge in [0.2, 0.25) is 6.79 Å². The van der Waals surface area contributed by atoms with Gasteiger partial charge in [-0.1, -0.05) is 25.4 Å². The average molecular weight is 335 g/mol. The number of nitrogens with one attached hydrogen (secondary N) is 1. The summed E-state index contributed by atoms with van der Waals surface area (Å²) < 4.78 is 10.5. The van der Waals surface area contributed by atoms with E-state index in [1.807, 2.05) is 0 Å². The summed E-state index contributed by atoms with van der Waals surface area (Å²) >= 11 is 6.06. The van der Waals surface area contributed by atoms with Gasteiger partial charge >= 0.3 is 0 Å². The van der Waals surface area contributed by atoms with Gasteiger partial charge in [0.05, 0.1) is 5.02 Å². The number of fused-ring (bicyclic) bond motifs is 1. The highest BCUT2D eigenvalue weighted by atomic mass is 35.5. The maximum Gasteiger partial charge on any atom is 0.251 e. The van der Waals surface area contributed by atoms with Crippen molar-refractivity contribution in [1.82, 2.24) is 5.32 Å². The molecule has 2 rings (SSSR count). The van der Waals surface area contributed by atoms with E-state index in [0.29, 0.717) is 34.5 Å². The third kappa shape index (κ3) is 4.40. The fourth-order valence-electron chi connectivity index (χ4n) is 2.15. The molecule has 0 spiro atoms. The Bertz CT molecular complexity index is 509. The predicted molar refractivity (Wildman–Crippen MR) is 84.6 cm³/mol. The summed E-state index contributed by atoms with van der Waals surface area (Å²) in [5.41, 5.74) is 6.13. The number of carbonyl (C=O) groups is 1. The lowest BCUT2D eigenvalue weighted by Crippen LogP contribution is -2.41. The molecule has 1 aliphatic heterocycles. The third-order valence-electron chi connectivity index (χ3n) is 3.07. The fourth-order valence-corrected chi connectivity index (χ4v) is 2.42. The first-order chi connectivity index (χ1) is 9.51. The number of ether oxygens (including phenoxy) is 2. The van der Waals surface area contributed by atoms with Gasteiger partial charge in [-0.2, -0.15) is 0 Å².